The van der Waals surface area contributed by atoms with E-state index in [0.29, 0.717) is 0 Å². The fraction of sp³-hybridized carbons (Fsp3) is 0.857. The molecule has 0 saturated heterocycles. The van der Waals surface area contributed by atoms with Crippen molar-refractivity contribution >= 4 is 11.6 Å². The van der Waals surface area contributed by atoms with E-state index in [0.717, 1.165) is 42.7 Å². The van der Waals surface area contributed by atoms with Crippen molar-refractivity contribution in [1.82, 2.24) is 5.43 Å². The molecule has 18 heavy (non-hydrogen) atoms. The molecule has 0 radical (unpaired) electrons. The van der Waals surface area contributed by atoms with Gasteiger partial charge in [0.25, 0.3) is 5.91 Å². The van der Waals surface area contributed by atoms with Crippen LogP contribution in [0.2, 0.25) is 0 Å². The van der Waals surface area contributed by atoms with Gasteiger partial charge in [-0.2, -0.15) is 5.10 Å². The van der Waals surface area contributed by atoms with Gasteiger partial charge in [-0.1, -0.05) is 0 Å². The summed E-state index contributed by atoms with van der Waals surface area (Å²) in [6.07, 6.45) is 7.51. The highest BCUT2D eigenvalue weighted by molar-refractivity contribution is 6.16. The van der Waals surface area contributed by atoms with Gasteiger partial charge in [0, 0.05) is 5.41 Å². The van der Waals surface area contributed by atoms with Gasteiger partial charge in [0.15, 0.2) is 0 Å². The Hall–Kier alpha value is -0.900. The number of hydrazone groups is 1. The second-order valence-corrected chi connectivity index (χ2v) is 7.14. The molecule has 3 N–H and O–H groups in total. The van der Waals surface area contributed by atoms with Gasteiger partial charge < -0.3 is 5.73 Å². The first-order valence-corrected chi connectivity index (χ1v) is 7.17. The number of hydrogen-bond donors (Lipinski definition) is 2. The maximum Gasteiger partial charge on any atom is 0.266 e. The van der Waals surface area contributed by atoms with Crippen molar-refractivity contribution in [2.75, 3.05) is 0 Å². The smallest absolute Gasteiger partial charge is 0.266 e. The summed E-state index contributed by atoms with van der Waals surface area (Å²) < 4.78 is 0. The summed E-state index contributed by atoms with van der Waals surface area (Å²) in [6.45, 7) is 1.91. The van der Waals surface area contributed by atoms with E-state index in [-0.39, 0.29) is 11.3 Å². The first kappa shape index (κ1) is 11.0. The van der Waals surface area contributed by atoms with Crippen LogP contribution in [0.4, 0.5) is 0 Å². The predicted octanol–water partition coefficient (Wildman–Crippen LogP) is 1.41. The van der Waals surface area contributed by atoms with Gasteiger partial charge in [0.2, 0.25) is 0 Å². The zero-order valence-corrected chi connectivity index (χ0v) is 10.9. The van der Waals surface area contributed by atoms with E-state index >= 15 is 0 Å². The molecule has 1 unspecified atom stereocenters. The topological polar surface area (TPSA) is 67.5 Å². The lowest BCUT2D eigenvalue weighted by atomic mass is 9.44. The Kier molecular flexibility index (Phi) is 1.92. The molecule has 0 aromatic carbocycles. The summed E-state index contributed by atoms with van der Waals surface area (Å²) >= 11 is 0. The van der Waals surface area contributed by atoms with Gasteiger partial charge in [-0.05, 0) is 63.2 Å². The second kappa shape index (κ2) is 3.16. The minimum absolute atomic E-state index is 0.00405. The van der Waals surface area contributed by atoms with Crippen molar-refractivity contribution < 1.29 is 4.79 Å². The molecular weight excluding hydrogens is 226 g/mol. The third kappa shape index (κ3) is 1.11. The molecule has 4 aliphatic carbocycles. The molecule has 5 rings (SSSR count). The van der Waals surface area contributed by atoms with Crippen LogP contribution in [-0.2, 0) is 4.79 Å². The van der Waals surface area contributed by atoms with Crippen molar-refractivity contribution in [1.29, 1.82) is 0 Å². The Balaban J connectivity index is 1.80. The minimum atomic E-state index is -0.830. The molecule has 1 atom stereocenters. The zero-order valence-electron chi connectivity index (χ0n) is 10.9. The van der Waals surface area contributed by atoms with E-state index in [4.69, 9.17) is 5.73 Å². The van der Waals surface area contributed by atoms with Gasteiger partial charge in [-0.25, -0.2) is 5.43 Å². The number of nitrogens with one attached hydrogen (secondary N) is 1. The van der Waals surface area contributed by atoms with E-state index < -0.39 is 5.54 Å². The highest BCUT2D eigenvalue weighted by Crippen LogP contribution is 2.63. The third-order valence-electron chi connectivity index (χ3n) is 6.13. The van der Waals surface area contributed by atoms with Crippen LogP contribution < -0.4 is 11.2 Å². The number of carbonyl (C=O) groups is 1. The van der Waals surface area contributed by atoms with Gasteiger partial charge in [0.1, 0.15) is 5.54 Å². The number of rotatable bonds is 1. The molecule has 0 aromatic rings. The Bertz CT molecular complexity index is 421. The fourth-order valence-electron chi connectivity index (χ4n) is 5.69. The number of nitrogens with zero attached hydrogens (tertiary/aromatic N) is 1. The first-order chi connectivity index (χ1) is 8.53. The van der Waals surface area contributed by atoms with E-state index in [2.05, 4.69) is 10.5 Å². The van der Waals surface area contributed by atoms with Crippen LogP contribution in [-0.4, -0.2) is 17.2 Å². The van der Waals surface area contributed by atoms with Gasteiger partial charge in [-0.15, -0.1) is 0 Å². The number of nitrogens with two attached hydrogens (primary N) is 1. The quantitative estimate of drug-likeness (QED) is 0.735. The lowest BCUT2D eigenvalue weighted by Gasteiger charge is -2.61. The molecule has 4 nitrogen and oxygen atoms in total. The standard InChI is InChI=1S/C14H21N3O/c1-8-14(15,12(18)17-16-8)13-5-9-2-10(6-13)4-11(3-9)7-13/h9-11H,2-7,15H2,1H3,(H,17,18). The fourth-order valence-corrected chi connectivity index (χ4v) is 5.69. The number of hydrogen-bond acceptors (Lipinski definition) is 3. The maximum atomic E-state index is 12.3. The van der Waals surface area contributed by atoms with Crippen LogP contribution in [0.3, 0.4) is 0 Å². The molecule has 4 heteroatoms. The third-order valence-corrected chi connectivity index (χ3v) is 6.13. The maximum absolute atomic E-state index is 12.3. The van der Waals surface area contributed by atoms with Crippen molar-refractivity contribution in [3.8, 4) is 0 Å². The Morgan fingerprint density at radius 2 is 1.67 bits per heavy atom. The van der Waals surface area contributed by atoms with E-state index in [1.165, 1.54) is 19.3 Å². The molecule has 98 valence electrons. The largest absolute Gasteiger partial charge is 0.312 e. The van der Waals surface area contributed by atoms with E-state index in [1.807, 2.05) is 6.92 Å². The van der Waals surface area contributed by atoms with Crippen LogP contribution in [0.15, 0.2) is 5.10 Å². The number of carbonyl (C=O) groups excluding carboxylic acids is 1. The average Bonchev–Trinajstić information content (AvgIpc) is 2.57. The molecule has 1 amide bonds. The molecule has 5 aliphatic rings. The Morgan fingerprint density at radius 1 is 1.17 bits per heavy atom. The normalized spacial score (nSPS) is 53.6. The summed E-state index contributed by atoms with van der Waals surface area (Å²) in [5, 5.41) is 4.12. The van der Waals surface area contributed by atoms with Crippen molar-refractivity contribution in [2.45, 2.75) is 51.0 Å². The monoisotopic (exact) mass is 247 g/mol. The van der Waals surface area contributed by atoms with Crippen molar-refractivity contribution in [3.05, 3.63) is 0 Å². The second-order valence-electron chi connectivity index (χ2n) is 7.14. The van der Waals surface area contributed by atoms with Crippen LogP contribution in [0.25, 0.3) is 0 Å². The summed E-state index contributed by atoms with van der Waals surface area (Å²) in [5.74, 6) is 2.34. The van der Waals surface area contributed by atoms with E-state index in [9.17, 15) is 4.79 Å². The molecule has 0 aromatic heterocycles. The lowest BCUT2D eigenvalue weighted by molar-refractivity contribution is -0.136. The van der Waals surface area contributed by atoms with Crippen molar-refractivity contribution in [2.24, 2.45) is 34.0 Å². The predicted molar refractivity (Wildman–Crippen MR) is 68.8 cm³/mol. The van der Waals surface area contributed by atoms with Crippen molar-refractivity contribution in [3.63, 3.8) is 0 Å². The van der Waals surface area contributed by atoms with E-state index in [1.54, 1.807) is 0 Å². The first-order valence-electron chi connectivity index (χ1n) is 7.17. The Labute approximate surface area is 107 Å². The zero-order chi connectivity index (χ0) is 12.5. The van der Waals surface area contributed by atoms with Crippen LogP contribution in [0, 0.1) is 23.2 Å². The summed E-state index contributed by atoms with van der Waals surface area (Å²) in [4.78, 5) is 12.3. The minimum Gasteiger partial charge on any atom is -0.312 e. The van der Waals surface area contributed by atoms with Gasteiger partial charge >= 0.3 is 0 Å². The van der Waals surface area contributed by atoms with Crippen LogP contribution in [0.1, 0.15) is 45.4 Å². The Morgan fingerprint density at radius 3 is 2.06 bits per heavy atom. The molecule has 4 saturated carbocycles. The molecule has 1 heterocycles. The summed E-state index contributed by atoms with van der Waals surface area (Å²) in [7, 11) is 0. The molecule has 4 bridgehead atoms. The highest BCUT2D eigenvalue weighted by Gasteiger charge is 2.64. The SMILES string of the molecule is CC1=NNC(=O)C1(N)C12CC3CC(CC(C3)C1)C2. The average molecular weight is 247 g/mol. The van der Waals surface area contributed by atoms with Crippen LogP contribution in [0.5, 0.6) is 0 Å². The molecule has 1 aliphatic heterocycles. The summed E-state index contributed by atoms with van der Waals surface area (Å²) in [6, 6.07) is 0. The number of amides is 1. The summed E-state index contributed by atoms with van der Waals surface area (Å²) in [5.41, 5.74) is 9.18. The molecule has 4 fully saturated rings. The highest BCUT2D eigenvalue weighted by atomic mass is 16.2. The van der Waals surface area contributed by atoms with Crippen LogP contribution >= 0.6 is 0 Å². The lowest BCUT2D eigenvalue weighted by Crippen LogP contribution is -2.69. The van der Waals surface area contributed by atoms with Gasteiger partial charge in [-0.3, -0.25) is 4.79 Å². The van der Waals surface area contributed by atoms with Gasteiger partial charge in [0.05, 0.1) is 5.71 Å². The molecule has 0 spiro atoms. The molecular formula is C14H21N3O.